The molecule has 0 saturated carbocycles. The summed E-state index contributed by atoms with van der Waals surface area (Å²) in [4.78, 5) is 22.2. The van der Waals surface area contributed by atoms with Gasteiger partial charge in [0, 0.05) is 38.1 Å². The third-order valence-electron chi connectivity index (χ3n) is 2.97. The van der Waals surface area contributed by atoms with Crippen molar-refractivity contribution in [1.82, 2.24) is 9.97 Å². The van der Waals surface area contributed by atoms with E-state index in [2.05, 4.69) is 27.2 Å². The van der Waals surface area contributed by atoms with Crippen molar-refractivity contribution >= 4 is 23.1 Å². The minimum absolute atomic E-state index is 0.276. The molecule has 0 aliphatic carbocycles. The van der Waals surface area contributed by atoms with Gasteiger partial charge in [0.25, 0.3) is 5.91 Å². The van der Waals surface area contributed by atoms with E-state index in [1.807, 2.05) is 43.3 Å². The molecule has 0 fully saturated rings. The summed E-state index contributed by atoms with van der Waals surface area (Å²) < 4.78 is 0. The van der Waals surface area contributed by atoms with Gasteiger partial charge in [0.15, 0.2) is 0 Å². The summed E-state index contributed by atoms with van der Waals surface area (Å²) in [6, 6.07) is 9.18. The van der Waals surface area contributed by atoms with E-state index >= 15 is 0 Å². The number of nitrogens with one attached hydrogen (secondary N) is 2. The smallest absolute Gasteiger partial charge is 0.274 e. The van der Waals surface area contributed by atoms with Crippen LogP contribution in [0.25, 0.3) is 0 Å². The van der Waals surface area contributed by atoms with Gasteiger partial charge < -0.3 is 15.5 Å². The molecule has 6 heteroatoms. The zero-order valence-electron chi connectivity index (χ0n) is 12.7. The van der Waals surface area contributed by atoms with Crippen molar-refractivity contribution in [3.63, 3.8) is 0 Å². The zero-order valence-corrected chi connectivity index (χ0v) is 12.7. The lowest BCUT2D eigenvalue weighted by Gasteiger charge is -2.13. The molecule has 2 N–H and O–H groups in total. The highest BCUT2D eigenvalue weighted by atomic mass is 16.1. The van der Waals surface area contributed by atoms with Gasteiger partial charge in [-0.2, -0.15) is 0 Å². The van der Waals surface area contributed by atoms with Gasteiger partial charge in [-0.1, -0.05) is 6.08 Å². The molecule has 0 radical (unpaired) electrons. The highest BCUT2D eigenvalue weighted by Gasteiger charge is 2.09. The Bertz CT molecular complexity index is 652. The van der Waals surface area contributed by atoms with Gasteiger partial charge in [-0.3, -0.25) is 4.79 Å². The topological polar surface area (TPSA) is 70.2 Å². The fourth-order valence-electron chi connectivity index (χ4n) is 1.79. The molecule has 0 atom stereocenters. The number of anilines is 3. The molecule has 22 heavy (non-hydrogen) atoms. The number of nitrogens with zero attached hydrogens (tertiary/aromatic N) is 3. The molecule has 114 valence electrons. The molecule has 0 saturated heterocycles. The molecule has 6 nitrogen and oxygen atoms in total. The number of benzene rings is 1. The van der Waals surface area contributed by atoms with Crippen LogP contribution >= 0.6 is 0 Å². The van der Waals surface area contributed by atoms with Gasteiger partial charge in [-0.25, -0.2) is 9.97 Å². The Morgan fingerprint density at radius 1 is 1.27 bits per heavy atom. The quantitative estimate of drug-likeness (QED) is 0.801. The lowest BCUT2D eigenvalue weighted by Crippen LogP contribution is -2.15. The van der Waals surface area contributed by atoms with Crippen LogP contribution in [0.5, 0.6) is 0 Å². The first kappa shape index (κ1) is 15.5. The molecule has 0 unspecified atom stereocenters. The van der Waals surface area contributed by atoms with E-state index in [9.17, 15) is 4.79 Å². The van der Waals surface area contributed by atoms with Crippen molar-refractivity contribution in [2.75, 3.05) is 36.2 Å². The van der Waals surface area contributed by atoms with Crippen molar-refractivity contribution in [2.24, 2.45) is 0 Å². The fraction of sp³-hybridized carbons (Fsp3) is 0.188. The first-order valence-electron chi connectivity index (χ1n) is 6.85. The SMILES string of the molecule is C=CCNc1cc(C(=O)Nc2ccc(N(C)C)cc2)ncn1. The molecule has 2 aromatic rings. The molecule has 2 rings (SSSR count). The van der Waals surface area contributed by atoms with Crippen LogP contribution in [0.2, 0.25) is 0 Å². The molecule has 0 bridgehead atoms. The fourth-order valence-corrected chi connectivity index (χ4v) is 1.79. The number of hydrogen-bond acceptors (Lipinski definition) is 5. The second-order valence-electron chi connectivity index (χ2n) is 4.85. The lowest BCUT2D eigenvalue weighted by atomic mass is 10.2. The van der Waals surface area contributed by atoms with Gasteiger partial charge in [0.05, 0.1) is 0 Å². The summed E-state index contributed by atoms with van der Waals surface area (Å²) in [5.41, 5.74) is 2.09. The highest BCUT2D eigenvalue weighted by molar-refractivity contribution is 6.03. The Kier molecular flexibility index (Phi) is 5.08. The summed E-state index contributed by atoms with van der Waals surface area (Å²) >= 11 is 0. The van der Waals surface area contributed by atoms with Gasteiger partial charge in [0.2, 0.25) is 0 Å². The van der Waals surface area contributed by atoms with E-state index in [1.54, 1.807) is 12.1 Å². The van der Waals surface area contributed by atoms with Gasteiger partial charge in [-0.05, 0) is 24.3 Å². The second kappa shape index (κ2) is 7.21. The molecule has 0 aliphatic heterocycles. The Morgan fingerprint density at radius 3 is 2.64 bits per heavy atom. The zero-order chi connectivity index (χ0) is 15.9. The Morgan fingerprint density at radius 2 is 2.00 bits per heavy atom. The molecule has 1 heterocycles. The van der Waals surface area contributed by atoms with Gasteiger partial charge >= 0.3 is 0 Å². The van der Waals surface area contributed by atoms with Crippen molar-refractivity contribution in [2.45, 2.75) is 0 Å². The number of rotatable bonds is 6. The van der Waals surface area contributed by atoms with Gasteiger partial charge in [-0.15, -0.1) is 6.58 Å². The average molecular weight is 297 g/mol. The van der Waals surface area contributed by atoms with Crippen LogP contribution in [0, 0.1) is 0 Å². The molecule has 0 aliphatic rings. The predicted molar refractivity (Wildman–Crippen MR) is 89.4 cm³/mol. The van der Waals surface area contributed by atoms with Gasteiger partial charge in [0.1, 0.15) is 17.8 Å². The van der Waals surface area contributed by atoms with E-state index in [-0.39, 0.29) is 5.91 Å². The second-order valence-corrected chi connectivity index (χ2v) is 4.85. The number of amides is 1. The van der Waals surface area contributed by atoms with Crippen molar-refractivity contribution < 1.29 is 4.79 Å². The van der Waals surface area contributed by atoms with Crippen LogP contribution in [-0.4, -0.2) is 36.5 Å². The van der Waals surface area contributed by atoms with E-state index in [1.165, 1.54) is 6.33 Å². The molecule has 0 spiro atoms. The van der Waals surface area contributed by atoms with Crippen molar-refractivity contribution in [3.05, 3.63) is 55.0 Å². The third kappa shape index (κ3) is 4.05. The summed E-state index contributed by atoms with van der Waals surface area (Å²) in [6.45, 7) is 4.19. The maximum atomic E-state index is 12.2. The highest BCUT2D eigenvalue weighted by Crippen LogP contribution is 2.16. The van der Waals surface area contributed by atoms with E-state index in [4.69, 9.17) is 0 Å². The van der Waals surface area contributed by atoms with Crippen LogP contribution in [0.3, 0.4) is 0 Å². The largest absolute Gasteiger partial charge is 0.378 e. The number of aromatic nitrogens is 2. The summed E-state index contributed by atoms with van der Waals surface area (Å²) in [5.74, 6) is 0.310. The van der Waals surface area contributed by atoms with Crippen LogP contribution in [0.4, 0.5) is 17.2 Å². The van der Waals surface area contributed by atoms with Crippen LogP contribution in [0.1, 0.15) is 10.5 Å². The minimum Gasteiger partial charge on any atom is -0.378 e. The maximum Gasteiger partial charge on any atom is 0.274 e. The minimum atomic E-state index is -0.276. The summed E-state index contributed by atoms with van der Waals surface area (Å²) in [5, 5.41) is 5.83. The van der Waals surface area contributed by atoms with Crippen molar-refractivity contribution in [3.8, 4) is 0 Å². The Balaban J connectivity index is 2.06. The predicted octanol–water partition coefficient (Wildman–Crippen LogP) is 2.39. The molecule has 1 aromatic heterocycles. The first-order chi connectivity index (χ1) is 10.6. The van der Waals surface area contributed by atoms with Crippen LogP contribution in [0.15, 0.2) is 49.3 Å². The number of carbonyl (C=O) groups excluding carboxylic acids is 1. The molecular formula is C16H19N5O. The van der Waals surface area contributed by atoms with E-state index < -0.39 is 0 Å². The Labute approximate surface area is 129 Å². The number of carbonyl (C=O) groups is 1. The van der Waals surface area contributed by atoms with Crippen molar-refractivity contribution in [1.29, 1.82) is 0 Å². The number of hydrogen-bond donors (Lipinski definition) is 2. The normalized spacial score (nSPS) is 9.91. The molecule has 1 aromatic carbocycles. The van der Waals surface area contributed by atoms with E-state index in [0.717, 1.165) is 11.4 Å². The summed E-state index contributed by atoms with van der Waals surface area (Å²) in [6.07, 6.45) is 3.07. The molecule has 1 amide bonds. The van der Waals surface area contributed by atoms with E-state index in [0.29, 0.717) is 18.1 Å². The van der Waals surface area contributed by atoms with Crippen LogP contribution < -0.4 is 15.5 Å². The summed E-state index contributed by atoms with van der Waals surface area (Å²) in [7, 11) is 3.93. The molecular weight excluding hydrogens is 278 g/mol. The van der Waals surface area contributed by atoms with Crippen LogP contribution in [-0.2, 0) is 0 Å². The Hall–Kier alpha value is -2.89. The third-order valence-corrected chi connectivity index (χ3v) is 2.97. The monoisotopic (exact) mass is 297 g/mol. The lowest BCUT2D eigenvalue weighted by molar-refractivity contribution is 0.102. The average Bonchev–Trinajstić information content (AvgIpc) is 2.53. The first-order valence-corrected chi connectivity index (χ1v) is 6.85. The maximum absolute atomic E-state index is 12.2. The standard InChI is InChI=1S/C16H19N5O/c1-4-9-17-15-10-14(18-11-19-15)16(22)20-12-5-7-13(8-6-12)21(2)3/h4-8,10-11H,1,9H2,2-3H3,(H,20,22)(H,17,18,19).